The molecule has 1 fully saturated rings. The van der Waals surface area contributed by atoms with E-state index in [9.17, 15) is 4.79 Å². The van der Waals surface area contributed by atoms with E-state index >= 15 is 0 Å². The second kappa shape index (κ2) is 7.09. The van der Waals surface area contributed by atoms with E-state index in [0.29, 0.717) is 17.4 Å². The fourth-order valence-electron chi connectivity index (χ4n) is 2.24. The van der Waals surface area contributed by atoms with Crippen LogP contribution in [-0.2, 0) is 4.74 Å². The Morgan fingerprint density at radius 1 is 1.48 bits per heavy atom. The molecule has 0 saturated heterocycles. The zero-order valence-electron chi connectivity index (χ0n) is 12.5. The highest BCUT2D eigenvalue weighted by Crippen LogP contribution is 2.48. The van der Waals surface area contributed by atoms with E-state index in [1.165, 1.54) is 0 Å². The molecule has 1 aliphatic carbocycles. The molecule has 1 amide bonds. The summed E-state index contributed by atoms with van der Waals surface area (Å²) >= 11 is 6.07. The van der Waals surface area contributed by atoms with Gasteiger partial charge in [-0.1, -0.05) is 11.6 Å². The summed E-state index contributed by atoms with van der Waals surface area (Å²) in [6.07, 6.45) is 3.24. The first-order valence-electron chi connectivity index (χ1n) is 7.28. The third kappa shape index (κ3) is 4.32. The summed E-state index contributed by atoms with van der Waals surface area (Å²) < 4.78 is 5.12. The Bertz CT molecular complexity index is 504. The summed E-state index contributed by atoms with van der Waals surface area (Å²) in [6.45, 7) is 4.10. The number of amides is 1. The predicted molar refractivity (Wildman–Crippen MR) is 83.9 cm³/mol. The quantitative estimate of drug-likeness (QED) is 0.775. The van der Waals surface area contributed by atoms with Crippen LogP contribution < -0.4 is 10.6 Å². The van der Waals surface area contributed by atoms with Crippen LogP contribution in [0.2, 0.25) is 5.02 Å². The standard InChI is InChI=1S/C15H22ClN3O2/c1-3-17-12-5-4-11(16)13(19-12)14(20)18-10-15(6-7-15)8-9-21-2/h4-5H,3,6-10H2,1-2H3,(H,17,19)(H,18,20). The van der Waals surface area contributed by atoms with Crippen molar-refractivity contribution in [3.8, 4) is 0 Å². The summed E-state index contributed by atoms with van der Waals surface area (Å²) in [5.41, 5.74) is 0.481. The molecule has 1 saturated carbocycles. The van der Waals surface area contributed by atoms with Gasteiger partial charge in [0, 0.05) is 26.8 Å². The first-order chi connectivity index (χ1) is 10.1. The topological polar surface area (TPSA) is 63.2 Å². The van der Waals surface area contributed by atoms with Gasteiger partial charge in [0.2, 0.25) is 0 Å². The average Bonchev–Trinajstić information content (AvgIpc) is 3.25. The largest absolute Gasteiger partial charge is 0.385 e. The zero-order chi connectivity index (χ0) is 15.3. The number of halogens is 1. The molecule has 1 aliphatic rings. The fourth-order valence-corrected chi connectivity index (χ4v) is 2.43. The summed E-state index contributed by atoms with van der Waals surface area (Å²) in [5.74, 6) is 0.441. The molecule has 1 aromatic heterocycles. The molecule has 1 heterocycles. The van der Waals surface area contributed by atoms with Crippen LogP contribution in [0.4, 0.5) is 5.82 Å². The number of nitrogens with zero attached hydrogens (tertiary/aromatic N) is 1. The third-order valence-electron chi connectivity index (χ3n) is 3.84. The van der Waals surface area contributed by atoms with Crippen molar-refractivity contribution in [2.45, 2.75) is 26.2 Å². The Labute approximate surface area is 130 Å². The zero-order valence-corrected chi connectivity index (χ0v) is 13.3. The van der Waals surface area contributed by atoms with Gasteiger partial charge in [0.25, 0.3) is 5.91 Å². The molecule has 5 nitrogen and oxygen atoms in total. The van der Waals surface area contributed by atoms with E-state index in [0.717, 1.165) is 32.4 Å². The average molecular weight is 312 g/mol. The molecule has 116 valence electrons. The number of anilines is 1. The smallest absolute Gasteiger partial charge is 0.271 e. The van der Waals surface area contributed by atoms with E-state index in [1.807, 2.05) is 6.92 Å². The molecule has 2 rings (SSSR count). The van der Waals surface area contributed by atoms with E-state index < -0.39 is 0 Å². The maximum absolute atomic E-state index is 12.3. The van der Waals surface area contributed by atoms with Gasteiger partial charge in [-0.25, -0.2) is 4.98 Å². The first-order valence-corrected chi connectivity index (χ1v) is 7.65. The van der Waals surface area contributed by atoms with Crippen LogP contribution in [0.1, 0.15) is 36.7 Å². The van der Waals surface area contributed by atoms with Crippen molar-refractivity contribution in [2.24, 2.45) is 5.41 Å². The van der Waals surface area contributed by atoms with Gasteiger partial charge in [0.1, 0.15) is 11.5 Å². The predicted octanol–water partition coefficient (Wildman–Crippen LogP) is 2.71. The van der Waals surface area contributed by atoms with Crippen molar-refractivity contribution in [2.75, 3.05) is 32.1 Å². The first kappa shape index (κ1) is 16.0. The second-order valence-corrected chi connectivity index (χ2v) is 5.89. The van der Waals surface area contributed by atoms with Crippen LogP contribution in [0.25, 0.3) is 0 Å². The minimum absolute atomic E-state index is 0.206. The monoisotopic (exact) mass is 311 g/mol. The van der Waals surface area contributed by atoms with Crippen molar-refractivity contribution in [1.29, 1.82) is 0 Å². The molecule has 1 aromatic rings. The van der Waals surface area contributed by atoms with Gasteiger partial charge in [0.05, 0.1) is 5.02 Å². The number of methoxy groups -OCH3 is 1. The number of hydrogen-bond donors (Lipinski definition) is 2. The van der Waals surface area contributed by atoms with Crippen molar-refractivity contribution in [3.63, 3.8) is 0 Å². The maximum Gasteiger partial charge on any atom is 0.271 e. The molecule has 0 radical (unpaired) electrons. The molecule has 0 aromatic carbocycles. The molecule has 0 bridgehead atoms. The molecule has 6 heteroatoms. The molecule has 0 aliphatic heterocycles. The van der Waals surface area contributed by atoms with Crippen molar-refractivity contribution >= 4 is 23.3 Å². The summed E-state index contributed by atoms with van der Waals surface area (Å²) in [5, 5.41) is 6.40. The molecule has 21 heavy (non-hydrogen) atoms. The maximum atomic E-state index is 12.3. The molecule has 0 spiro atoms. The van der Waals surface area contributed by atoms with Gasteiger partial charge >= 0.3 is 0 Å². The number of carbonyl (C=O) groups is 1. The van der Waals surface area contributed by atoms with Crippen LogP contribution in [0, 0.1) is 5.41 Å². The normalized spacial score (nSPS) is 15.6. The number of rotatable bonds is 8. The van der Waals surface area contributed by atoms with E-state index in [2.05, 4.69) is 15.6 Å². The van der Waals surface area contributed by atoms with Gasteiger partial charge in [-0.05, 0) is 43.7 Å². The van der Waals surface area contributed by atoms with Crippen LogP contribution >= 0.6 is 11.6 Å². The number of nitrogens with one attached hydrogen (secondary N) is 2. The summed E-state index contributed by atoms with van der Waals surface area (Å²) in [4.78, 5) is 16.5. The highest BCUT2D eigenvalue weighted by molar-refractivity contribution is 6.33. The lowest BCUT2D eigenvalue weighted by Gasteiger charge is -2.15. The molecular weight excluding hydrogens is 290 g/mol. The number of aromatic nitrogens is 1. The Hall–Kier alpha value is -1.33. The van der Waals surface area contributed by atoms with Crippen LogP contribution in [-0.4, -0.2) is 37.7 Å². The highest BCUT2D eigenvalue weighted by Gasteiger charge is 2.42. The Morgan fingerprint density at radius 3 is 2.86 bits per heavy atom. The molecule has 2 N–H and O–H groups in total. The number of hydrogen-bond acceptors (Lipinski definition) is 4. The minimum atomic E-state index is -0.219. The van der Waals surface area contributed by atoms with Crippen LogP contribution in [0.3, 0.4) is 0 Å². The van der Waals surface area contributed by atoms with Gasteiger partial charge in [-0.3, -0.25) is 4.79 Å². The Kier molecular flexibility index (Phi) is 5.42. The lowest BCUT2D eigenvalue weighted by Crippen LogP contribution is -2.31. The van der Waals surface area contributed by atoms with Gasteiger partial charge in [-0.2, -0.15) is 0 Å². The van der Waals surface area contributed by atoms with Gasteiger partial charge < -0.3 is 15.4 Å². The highest BCUT2D eigenvalue weighted by atomic mass is 35.5. The molecule has 0 unspecified atom stereocenters. The number of pyridine rings is 1. The van der Waals surface area contributed by atoms with Crippen LogP contribution in [0.5, 0.6) is 0 Å². The SMILES string of the molecule is CCNc1ccc(Cl)c(C(=O)NCC2(CCOC)CC2)n1. The van der Waals surface area contributed by atoms with Gasteiger partial charge in [0.15, 0.2) is 0 Å². The van der Waals surface area contributed by atoms with Crippen molar-refractivity contribution < 1.29 is 9.53 Å². The Balaban J connectivity index is 1.95. The van der Waals surface area contributed by atoms with Crippen LogP contribution in [0.15, 0.2) is 12.1 Å². The second-order valence-electron chi connectivity index (χ2n) is 5.48. The van der Waals surface area contributed by atoms with Crippen molar-refractivity contribution in [3.05, 3.63) is 22.8 Å². The van der Waals surface area contributed by atoms with Crippen molar-refractivity contribution in [1.82, 2.24) is 10.3 Å². The third-order valence-corrected chi connectivity index (χ3v) is 4.14. The fraction of sp³-hybridized carbons (Fsp3) is 0.600. The molecular formula is C15H22ClN3O2. The van der Waals surface area contributed by atoms with Gasteiger partial charge in [-0.15, -0.1) is 0 Å². The van der Waals surface area contributed by atoms with E-state index in [1.54, 1.807) is 19.2 Å². The summed E-state index contributed by atoms with van der Waals surface area (Å²) in [7, 11) is 1.70. The van der Waals surface area contributed by atoms with E-state index in [-0.39, 0.29) is 17.0 Å². The Morgan fingerprint density at radius 2 is 2.24 bits per heavy atom. The number of carbonyl (C=O) groups excluding carboxylic acids is 1. The lowest BCUT2D eigenvalue weighted by molar-refractivity contribution is 0.0933. The lowest BCUT2D eigenvalue weighted by atomic mass is 10.0. The minimum Gasteiger partial charge on any atom is -0.385 e. The van der Waals surface area contributed by atoms with E-state index in [4.69, 9.17) is 16.3 Å². The molecule has 0 atom stereocenters. The summed E-state index contributed by atoms with van der Waals surface area (Å²) in [6, 6.07) is 3.46. The number of ether oxygens (including phenoxy) is 1.